The van der Waals surface area contributed by atoms with E-state index in [9.17, 15) is 15.0 Å². The lowest BCUT2D eigenvalue weighted by Gasteiger charge is -2.34. The van der Waals surface area contributed by atoms with E-state index < -0.39 is 5.41 Å². The number of benzene rings is 1. The Bertz CT molecular complexity index is 501. The van der Waals surface area contributed by atoms with Gasteiger partial charge < -0.3 is 20.3 Å². The van der Waals surface area contributed by atoms with Gasteiger partial charge in [-0.05, 0) is 57.4 Å². The fraction of sp³-hybridized carbons (Fsp3) is 0.588. The molecule has 0 amide bonds. The highest BCUT2D eigenvalue weighted by molar-refractivity contribution is 5.76. The van der Waals surface area contributed by atoms with E-state index in [1.807, 2.05) is 39.8 Å². The van der Waals surface area contributed by atoms with Gasteiger partial charge in [0.05, 0.1) is 25.7 Å². The molecular formula is C17H27NO4. The lowest BCUT2D eigenvalue weighted by Crippen LogP contribution is -2.40. The zero-order valence-electron chi connectivity index (χ0n) is 14.1. The summed E-state index contributed by atoms with van der Waals surface area (Å²) in [7, 11) is 1.39. The van der Waals surface area contributed by atoms with Crippen LogP contribution in [0.4, 0.5) is 5.69 Å². The maximum atomic E-state index is 11.8. The highest BCUT2D eigenvalue weighted by Crippen LogP contribution is 2.32. The Morgan fingerprint density at radius 1 is 1.09 bits per heavy atom. The summed E-state index contributed by atoms with van der Waals surface area (Å²) in [6.07, 6.45) is 0.574. The monoisotopic (exact) mass is 309 g/mol. The van der Waals surface area contributed by atoms with E-state index in [2.05, 4.69) is 5.32 Å². The van der Waals surface area contributed by atoms with Crippen molar-refractivity contribution in [3.63, 3.8) is 0 Å². The molecule has 22 heavy (non-hydrogen) atoms. The first-order valence-corrected chi connectivity index (χ1v) is 7.35. The molecule has 0 fully saturated rings. The van der Waals surface area contributed by atoms with Crippen molar-refractivity contribution in [1.29, 1.82) is 0 Å². The van der Waals surface area contributed by atoms with Crippen LogP contribution in [0.5, 0.6) is 0 Å². The first-order valence-electron chi connectivity index (χ1n) is 7.35. The molecule has 0 heterocycles. The van der Waals surface area contributed by atoms with Crippen molar-refractivity contribution in [2.75, 3.05) is 12.4 Å². The summed E-state index contributed by atoms with van der Waals surface area (Å²) in [5, 5.41) is 22.0. The number of esters is 1. The number of aliphatic hydroxyl groups excluding tert-OH is 2. The molecule has 0 aliphatic rings. The van der Waals surface area contributed by atoms with Crippen molar-refractivity contribution in [3.05, 3.63) is 29.3 Å². The van der Waals surface area contributed by atoms with E-state index in [0.717, 1.165) is 16.8 Å². The Labute approximate surface area is 132 Å². The number of rotatable bonds is 7. The minimum Gasteiger partial charge on any atom is -0.469 e. The molecule has 0 saturated heterocycles. The summed E-state index contributed by atoms with van der Waals surface area (Å²) in [4.78, 5) is 11.8. The van der Waals surface area contributed by atoms with E-state index in [1.165, 1.54) is 7.11 Å². The first kappa shape index (κ1) is 18.5. The molecule has 0 aliphatic heterocycles. The van der Waals surface area contributed by atoms with Crippen LogP contribution in [-0.4, -0.2) is 28.8 Å². The standard InChI is InChI=1S/C17H27NO4/c1-16(2,15(21)22-5)11-17(3,4)18-14-7-12(9-19)6-13(8-14)10-20/h6-8,18-20H,9-11H2,1-5H3. The molecule has 0 radical (unpaired) electrons. The second kappa shape index (κ2) is 7.11. The van der Waals surface area contributed by atoms with Gasteiger partial charge in [0, 0.05) is 11.2 Å². The van der Waals surface area contributed by atoms with E-state index >= 15 is 0 Å². The van der Waals surface area contributed by atoms with Gasteiger partial charge in [-0.3, -0.25) is 4.79 Å². The fourth-order valence-electron chi connectivity index (χ4n) is 2.91. The molecule has 1 aromatic rings. The Kier molecular flexibility index (Phi) is 5.97. The molecule has 5 nitrogen and oxygen atoms in total. The Morgan fingerprint density at radius 2 is 1.59 bits per heavy atom. The summed E-state index contributed by atoms with van der Waals surface area (Å²) in [6.45, 7) is 7.54. The van der Waals surface area contributed by atoms with Crippen LogP contribution >= 0.6 is 0 Å². The maximum Gasteiger partial charge on any atom is 0.311 e. The number of hydrogen-bond donors (Lipinski definition) is 3. The van der Waals surface area contributed by atoms with Crippen LogP contribution in [0.1, 0.15) is 45.2 Å². The third-order valence-electron chi connectivity index (χ3n) is 3.52. The summed E-state index contributed by atoms with van der Waals surface area (Å²) in [5.41, 5.74) is 1.30. The third kappa shape index (κ3) is 5.00. The smallest absolute Gasteiger partial charge is 0.311 e. The average Bonchev–Trinajstić information content (AvgIpc) is 2.43. The average molecular weight is 309 g/mol. The van der Waals surface area contributed by atoms with E-state index in [4.69, 9.17) is 4.74 Å². The molecular weight excluding hydrogens is 282 g/mol. The summed E-state index contributed by atoms with van der Waals surface area (Å²) < 4.78 is 4.85. The van der Waals surface area contributed by atoms with Crippen molar-refractivity contribution in [3.8, 4) is 0 Å². The minimum atomic E-state index is -0.611. The number of carbonyl (C=O) groups excluding carboxylic acids is 1. The number of methoxy groups -OCH3 is 1. The predicted molar refractivity (Wildman–Crippen MR) is 86.4 cm³/mol. The number of hydrogen-bond acceptors (Lipinski definition) is 5. The van der Waals surface area contributed by atoms with Crippen molar-refractivity contribution in [2.45, 2.75) is 52.9 Å². The Balaban J connectivity index is 2.94. The topological polar surface area (TPSA) is 78.8 Å². The SMILES string of the molecule is COC(=O)C(C)(C)CC(C)(C)Nc1cc(CO)cc(CO)c1. The second-order valence-corrected chi connectivity index (χ2v) is 6.92. The first-order chi connectivity index (χ1) is 10.1. The number of aliphatic hydroxyl groups is 2. The van der Waals surface area contributed by atoms with Crippen LogP contribution < -0.4 is 5.32 Å². The third-order valence-corrected chi connectivity index (χ3v) is 3.52. The van der Waals surface area contributed by atoms with Crippen LogP contribution in [0, 0.1) is 5.41 Å². The summed E-state index contributed by atoms with van der Waals surface area (Å²) in [6, 6.07) is 5.44. The normalized spacial score (nSPS) is 12.1. The number of nitrogens with one attached hydrogen (secondary N) is 1. The Hall–Kier alpha value is -1.59. The molecule has 0 atom stereocenters. The molecule has 0 aromatic heterocycles. The lowest BCUT2D eigenvalue weighted by atomic mass is 9.80. The maximum absolute atomic E-state index is 11.8. The second-order valence-electron chi connectivity index (χ2n) is 6.92. The number of ether oxygens (including phenoxy) is 1. The van der Waals surface area contributed by atoms with Crippen molar-refractivity contribution in [2.24, 2.45) is 5.41 Å². The molecule has 0 saturated carbocycles. The van der Waals surface area contributed by atoms with Crippen molar-refractivity contribution in [1.82, 2.24) is 0 Å². The van der Waals surface area contributed by atoms with Gasteiger partial charge in [0.25, 0.3) is 0 Å². The van der Waals surface area contributed by atoms with Crippen LogP contribution in [-0.2, 0) is 22.7 Å². The van der Waals surface area contributed by atoms with Gasteiger partial charge in [-0.15, -0.1) is 0 Å². The van der Waals surface area contributed by atoms with Gasteiger partial charge in [-0.1, -0.05) is 6.07 Å². The minimum absolute atomic E-state index is 0.0867. The molecule has 0 spiro atoms. The predicted octanol–water partition coefficient (Wildman–Crippen LogP) is 2.45. The number of anilines is 1. The molecule has 0 bridgehead atoms. The zero-order chi connectivity index (χ0) is 17.0. The van der Waals surface area contributed by atoms with Gasteiger partial charge in [-0.2, -0.15) is 0 Å². The van der Waals surface area contributed by atoms with Gasteiger partial charge >= 0.3 is 5.97 Å². The van der Waals surface area contributed by atoms with Crippen molar-refractivity contribution >= 4 is 11.7 Å². The highest BCUT2D eigenvalue weighted by atomic mass is 16.5. The molecule has 1 rings (SSSR count). The molecule has 124 valence electrons. The number of carbonyl (C=O) groups is 1. The van der Waals surface area contributed by atoms with Crippen LogP contribution in [0.25, 0.3) is 0 Å². The molecule has 0 aliphatic carbocycles. The van der Waals surface area contributed by atoms with Gasteiger partial charge in [-0.25, -0.2) is 0 Å². The van der Waals surface area contributed by atoms with Gasteiger partial charge in [0.15, 0.2) is 0 Å². The lowest BCUT2D eigenvalue weighted by molar-refractivity contribution is -0.151. The van der Waals surface area contributed by atoms with E-state index in [1.54, 1.807) is 6.07 Å². The van der Waals surface area contributed by atoms with Crippen LogP contribution in [0.15, 0.2) is 18.2 Å². The zero-order valence-corrected chi connectivity index (χ0v) is 14.1. The molecule has 3 N–H and O–H groups in total. The van der Waals surface area contributed by atoms with Gasteiger partial charge in [0.2, 0.25) is 0 Å². The van der Waals surface area contributed by atoms with Crippen LogP contribution in [0.2, 0.25) is 0 Å². The molecule has 1 aromatic carbocycles. The van der Waals surface area contributed by atoms with E-state index in [0.29, 0.717) is 6.42 Å². The largest absolute Gasteiger partial charge is 0.469 e. The van der Waals surface area contributed by atoms with Crippen LogP contribution in [0.3, 0.4) is 0 Å². The Morgan fingerprint density at radius 3 is 2.00 bits per heavy atom. The van der Waals surface area contributed by atoms with E-state index in [-0.39, 0.29) is 24.7 Å². The van der Waals surface area contributed by atoms with Crippen molar-refractivity contribution < 1.29 is 19.7 Å². The highest BCUT2D eigenvalue weighted by Gasteiger charge is 2.35. The van der Waals surface area contributed by atoms with Gasteiger partial charge in [0.1, 0.15) is 0 Å². The fourth-order valence-corrected chi connectivity index (χ4v) is 2.91. The summed E-state index contributed by atoms with van der Waals surface area (Å²) in [5.74, 6) is -0.248. The molecule has 5 heteroatoms. The quantitative estimate of drug-likeness (QED) is 0.674. The molecule has 0 unspecified atom stereocenters. The summed E-state index contributed by atoms with van der Waals surface area (Å²) >= 11 is 0.